The van der Waals surface area contributed by atoms with Gasteiger partial charge >= 0.3 is 12.0 Å². The Kier molecular flexibility index (Phi) is 6.75. The third-order valence-electron chi connectivity index (χ3n) is 6.30. The zero-order chi connectivity index (χ0) is 27.3. The Morgan fingerprint density at radius 1 is 0.892 bits per heavy atom. The van der Waals surface area contributed by atoms with Crippen LogP contribution in [0, 0.1) is 13.8 Å². The molecule has 0 radical (unpaired) electrons. The van der Waals surface area contributed by atoms with E-state index in [2.05, 4.69) is 0 Å². The first-order valence-corrected chi connectivity index (χ1v) is 14.3. The first-order chi connectivity index (χ1) is 17.2. The summed E-state index contributed by atoms with van der Waals surface area (Å²) in [7, 11) is -4.38. The molecule has 0 saturated heterocycles. The molecule has 0 spiro atoms. The van der Waals surface area contributed by atoms with E-state index in [4.69, 9.17) is 4.74 Å². The third-order valence-corrected chi connectivity index (χ3v) is 9.75. The molecule has 7 nitrogen and oxygen atoms in total. The molecule has 1 aliphatic heterocycles. The molecule has 1 aromatic heterocycles. The number of urea groups is 1. The summed E-state index contributed by atoms with van der Waals surface area (Å²) in [6.07, 6.45) is 0. The zero-order valence-corrected chi connectivity index (χ0v) is 23.7. The lowest BCUT2D eigenvalue weighted by Gasteiger charge is -2.44. The van der Waals surface area contributed by atoms with Gasteiger partial charge in [0.1, 0.15) is 15.5 Å². The molecule has 4 rings (SSSR count). The van der Waals surface area contributed by atoms with Crippen molar-refractivity contribution in [1.29, 1.82) is 0 Å². The number of carbonyl (C=O) groups excluding carboxylic acids is 2. The number of carbonyl (C=O) groups is 2. The standard InChI is InChI=1S/C28H32N2O5S2/c1-18-19(2)36-24-23(18)37(33,34)30(28(6,7)25(31)35-27(3,4)5)26(32)29(24)22(20-14-10-8-11-15-20)21-16-12-9-13-17-21/h8-17,22H,1-7H3. The molecule has 9 heteroatoms. The Morgan fingerprint density at radius 3 is 1.84 bits per heavy atom. The minimum Gasteiger partial charge on any atom is -0.458 e. The van der Waals surface area contributed by atoms with E-state index >= 15 is 0 Å². The molecule has 2 heterocycles. The normalized spacial score (nSPS) is 15.6. The number of thiophene rings is 1. The highest BCUT2D eigenvalue weighted by Crippen LogP contribution is 2.50. The minimum absolute atomic E-state index is 0.0445. The highest BCUT2D eigenvalue weighted by Gasteiger charge is 2.56. The van der Waals surface area contributed by atoms with Gasteiger partial charge in [0.2, 0.25) is 0 Å². The van der Waals surface area contributed by atoms with E-state index < -0.39 is 39.2 Å². The van der Waals surface area contributed by atoms with Crippen LogP contribution in [0.5, 0.6) is 0 Å². The number of fused-ring (bicyclic) bond motifs is 1. The quantitative estimate of drug-likeness (QED) is 0.360. The number of anilines is 1. The Hall–Kier alpha value is -3.17. The van der Waals surface area contributed by atoms with Crippen LogP contribution < -0.4 is 4.90 Å². The molecule has 0 aliphatic carbocycles. The number of hydrogen-bond donors (Lipinski definition) is 0. The van der Waals surface area contributed by atoms with Crippen LogP contribution in [0.1, 0.15) is 62.2 Å². The second kappa shape index (κ2) is 9.29. The Bertz CT molecular complexity index is 1400. The largest absolute Gasteiger partial charge is 0.458 e. The maximum absolute atomic E-state index is 14.4. The molecule has 2 aromatic carbocycles. The van der Waals surface area contributed by atoms with E-state index in [1.54, 1.807) is 27.7 Å². The second-order valence-corrected chi connectivity index (χ2v) is 13.6. The van der Waals surface area contributed by atoms with Gasteiger partial charge in [-0.05, 0) is 65.2 Å². The number of esters is 1. The van der Waals surface area contributed by atoms with Crippen molar-refractivity contribution in [2.45, 2.75) is 70.5 Å². The summed E-state index contributed by atoms with van der Waals surface area (Å²) in [6, 6.07) is 17.5. The van der Waals surface area contributed by atoms with Gasteiger partial charge in [-0.3, -0.25) is 4.90 Å². The lowest BCUT2D eigenvalue weighted by Crippen LogP contribution is -2.63. The fourth-order valence-electron chi connectivity index (χ4n) is 4.44. The molecule has 196 valence electrons. The second-order valence-electron chi connectivity index (χ2n) is 10.6. The van der Waals surface area contributed by atoms with Gasteiger partial charge in [0, 0.05) is 4.88 Å². The summed E-state index contributed by atoms with van der Waals surface area (Å²) >= 11 is 1.26. The van der Waals surface area contributed by atoms with Crippen molar-refractivity contribution < 1.29 is 22.7 Å². The lowest BCUT2D eigenvalue weighted by molar-refractivity contribution is -0.163. The highest BCUT2D eigenvalue weighted by molar-refractivity contribution is 7.90. The van der Waals surface area contributed by atoms with Gasteiger partial charge in [-0.2, -0.15) is 4.31 Å². The predicted octanol–water partition coefficient (Wildman–Crippen LogP) is 6.21. The van der Waals surface area contributed by atoms with Crippen LogP contribution in [0.2, 0.25) is 0 Å². The van der Waals surface area contributed by atoms with Crippen LogP contribution in [0.25, 0.3) is 0 Å². The summed E-state index contributed by atoms with van der Waals surface area (Å²) in [5.74, 6) is -0.805. The Balaban J connectivity index is 2.01. The summed E-state index contributed by atoms with van der Waals surface area (Å²) in [4.78, 5) is 30.1. The third kappa shape index (κ3) is 4.66. The number of amides is 2. The molecular formula is C28H32N2O5S2. The molecule has 3 aromatic rings. The highest BCUT2D eigenvalue weighted by atomic mass is 32.2. The van der Waals surface area contributed by atoms with E-state index in [9.17, 15) is 18.0 Å². The predicted molar refractivity (Wildman–Crippen MR) is 145 cm³/mol. The van der Waals surface area contributed by atoms with Crippen LogP contribution in [0.15, 0.2) is 65.6 Å². The van der Waals surface area contributed by atoms with Crippen LogP contribution in [0.4, 0.5) is 9.80 Å². The number of sulfonamides is 1. The summed E-state index contributed by atoms with van der Waals surface area (Å²) in [5, 5.41) is 0.342. The summed E-state index contributed by atoms with van der Waals surface area (Å²) < 4.78 is 34.4. The first-order valence-electron chi connectivity index (χ1n) is 12.0. The van der Waals surface area contributed by atoms with Crippen LogP contribution in [-0.4, -0.2) is 35.9 Å². The fraction of sp³-hybridized carbons (Fsp3) is 0.357. The number of ether oxygens (including phenoxy) is 1. The van der Waals surface area contributed by atoms with E-state index in [0.717, 1.165) is 16.0 Å². The minimum atomic E-state index is -4.38. The fourth-order valence-corrected chi connectivity index (χ4v) is 8.03. The van der Waals surface area contributed by atoms with Gasteiger partial charge in [0.25, 0.3) is 10.0 Å². The van der Waals surface area contributed by atoms with Gasteiger partial charge < -0.3 is 4.74 Å². The number of nitrogens with zero attached hydrogens (tertiary/aromatic N) is 2. The number of rotatable bonds is 5. The van der Waals surface area contributed by atoms with Gasteiger partial charge in [-0.25, -0.2) is 18.0 Å². The molecule has 1 aliphatic rings. The monoisotopic (exact) mass is 540 g/mol. The maximum Gasteiger partial charge on any atom is 0.341 e. The zero-order valence-electron chi connectivity index (χ0n) is 22.1. The van der Waals surface area contributed by atoms with E-state index in [0.29, 0.717) is 14.9 Å². The van der Waals surface area contributed by atoms with Gasteiger partial charge in [-0.15, -0.1) is 11.3 Å². The molecule has 0 fully saturated rings. The van der Waals surface area contributed by atoms with Gasteiger partial charge in [0.15, 0.2) is 5.54 Å². The van der Waals surface area contributed by atoms with Crippen molar-refractivity contribution in [3.63, 3.8) is 0 Å². The average Bonchev–Trinajstić information content (AvgIpc) is 3.11. The van der Waals surface area contributed by atoms with E-state index in [-0.39, 0.29) is 4.90 Å². The maximum atomic E-state index is 14.4. The van der Waals surface area contributed by atoms with Crippen molar-refractivity contribution in [3.05, 3.63) is 82.2 Å². The van der Waals surface area contributed by atoms with Crippen molar-refractivity contribution in [2.75, 3.05) is 4.90 Å². The summed E-state index contributed by atoms with van der Waals surface area (Å²) in [5.41, 5.74) is -0.494. The first kappa shape index (κ1) is 26.9. The molecule has 0 N–H and O–H groups in total. The average molecular weight is 541 g/mol. The van der Waals surface area contributed by atoms with Crippen LogP contribution in [0.3, 0.4) is 0 Å². The molecular weight excluding hydrogens is 508 g/mol. The van der Waals surface area contributed by atoms with Crippen LogP contribution >= 0.6 is 11.3 Å². The van der Waals surface area contributed by atoms with Gasteiger partial charge in [-0.1, -0.05) is 60.7 Å². The van der Waals surface area contributed by atoms with Crippen molar-refractivity contribution in [1.82, 2.24) is 4.31 Å². The molecule has 0 unspecified atom stereocenters. The van der Waals surface area contributed by atoms with E-state index in [1.807, 2.05) is 67.6 Å². The molecule has 0 saturated carbocycles. The molecule has 0 bridgehead atoms. The molecule has 37 heavy (non-hydrogen) atoms. The number of aryl methyl sites for hydroxylation is 1. The SMILES string of the molecule is Cc1sc2c(c1C)S(=O)(=O)N(C(C)(C)C(=O)OC(C)(C)C)C(=O)N2C(c1ccccc1)c1ccccc1. The molecule has 2 amide bonds. The summed E-state index contributed by atoms with van der Waals surface area (Å²) in [6.45, 7) is 11.5. The topological polar surface area (TPSA) is 84.0 Å². The Morgan fingerprint density at radius 2 is 1.38 bits per heavy atom. The van der Waals surface area contributed by atoms with Crippen LogP contribution in [-0.2, 0) is 19.6 Å². The number of benzene rings is 2. The number of hydrogen-bond acceptors (Lipinski definition) is 6. The smallest absolute Gasteiger partial charge is 0.341 e. The lowest BCUT2D eigenvalue weighted by atomic mass is 9.97. The van der Waals surface area contributed by atoms with Crippen molar-refractivity contribution in [2.24, 2.45) is 0 Å². The van der Waals surface area contributed by atoms with Crippen molar-refractivity contribution >= 4 is 38.4 Å². The van der Waals surface area contributed by atoms with E-state index in [1.165, 1.54) is 30.1 Å². The van der Waals surface area contributed by atoms with Crippen molar-refractivity contribution in [3.8, 4) is 0 Å². The molecule has 0 atom stereocenters. The Labute approximate surface area is 222 Å². The van der Waals surface area contributed by atoms with Gasteiger partial charge in [0.05, 0.1) is 6.04 Å².